The van der Waals surface area contributed by atoms with E-state index in [1.165, 1.54) is 10.5 Å². The fraction of sp³-hybridized carbons (Fsp3) is 0.278. The van der Waals surface area contributed by atoms with E-state index in [2.05, 4.69) is 58.3 Å². The van der Waals surface area contributed by atoms with Crippen LogP contribution in [0.2, 0.25) is 0 Å². The van der Waals surface area contributed by atoms with Crippen molar-refractivity contribution in [3.05, 3.63) is 60.2 Å². The Bertz CT molecular complexity index is 758. The first-order chi connectivity index (χ1) is 11.7. The summed E-state index contributed by atoms with van der Waals surface area (Å²) in [6.45, 7) is 3.69. The SMILES string of the molecule is Cc1ccc(SCCN(C)Cc2nnc(-c3cccnc3)o2)cc1. The average Bonchev–Trinajstić information content (AvgIpc) is 3.06. The van der Waals surface area contributed by atoms with E-state index in [0.29, 0.717) is 18.3 Å². The first-order valence-electron chi connectivity index (χ1n) is 7.81. The molecule has 0 spiro atoms. The number of hydrogen-bond donors (Lipinski definition) is 0. The van der Waals surface area contributed by atoms with Gasteiger partial charge in [0, 0.05) is 29.6 Å². The largest absolute Gasteiger partial charge is 0.419 e. The Balaban J connectivity index is 1.47. The molecule has 124 valence electrons. The number of hydrogen-bond acceptors (Lipinski definition) is 6. The number of thioether (sulfide) groups is 1. The van der Waals surface area contributed by atoms with Gasteiger partial charge in [0.05, 0.1) is 12.1 Å². The van der Waals surface area contributed by atoms with Crippen molar-refractivity contribution in [1.82, 2.24) is 20.1 Å². The second-order valence-electron chi connectivity index (χ2n) is 5.64. The molecule has 0 bridgehead atoms. The summed E-state index contributed by atoms with van der Waals surface area (Å²) in [5.74, 6) is 2.15. The fourth-order valence-corrected chi connectivity index (χ4v) is 3.15. The van der Waals surface area contributed by atoms with Gasteiger partial charge in [0.2, 0.25) is 11.8 Å². The molecule has 0 saturated heterocycles. The van der Waals surface area contributed by atoms with E-state index in [-0.39, 0.29) is 0 Å². The summed E-state index contributed by atoms with van der Waals surface area (Å²) in [5.41, 5.74) is 2.13. The van der Waals surface area contributed by atoms with Gasteiger partial charge in [-0.3, -0.25) is 9.88 Å². The van der Waals surface area contributed by atoms with Crippen molar-refractivity contribution in [3.63, 3.8) is 0 Å². The molecule has 0 atom stereocenters. The van der Waals surface area contributed by atoms with Crippen LogP contribution in [0.5, 0.6) is 0 Å². The predicted molar refractivity (Wildman–Crippen MR) is 95.8 cm³/mol. The summed E-state index contributed by atoms with van der Waals surface area (Å²) < 4.78 is 5.71. The standard InChI is InChI=1S/C18H20N4OS/c1-14-5-7-16(8-6-14)24-11-10-22(2)13-17-20-21-18(23-17)15-4-3-9-19-12-15/h3-9,12H,10-11,13H2,1-2H3. The molecule has 0 radical (unpaired) electrons. The zero-order chi connectivity index (χ0) is 16.8. The Morgan fingerprint density at radius 1 is 1.12 bits per heavy atom. The highest BCUT2D eigenvalue weighted by molar-refractivity contribution is 7.99. The van der Waals surface area contributed by atoms with Crippen molar-refractivity contribution in [3.8, 4) is 11.5 Å². The molecule has 0 unspecified atom stereocenters. The van der Waals surface area contributed by atoms with Gasteiger partial charge >= 0.3 is 0 Å². The number of pyridine rings is 1. The molecule has 5 nitrogen and oxygen atoms in total. The van der Waals surface area contributed by atoms with Crippen molar-refractivity contribution in [1.29, 1.82) is 0 Å². The maximum atomic E-state index is 5.71. The Morgan fingerprint density at radius 2 is 1.96 bits per heavy atom. The third-order valence-electron chi connectivity index (χ3n) is 3.54. The molecule has 0 aliphatic rings. The fourth-order valence-electron chi connectivity index (χ4n) is 2.19. The van der Waals surface area contributed by atoms with Crippen molar-refractivity contribution in [2.45, 2.75) is 18.4 Å². The maximum absolute atomic E-state index is 5.71. The zero-order valence-electron chi connectivity index (χ0n) is 13.8. The topological polar surface area (TPSA) is 55.1 Å². The Morgan fingerprint density at radius 3 is 2.71 bits per heavy atom. The minimum atomic E-state index is 0.514. The lowest BCUT2D eigenvalue weighted by Gasteiger charge is -2.13. The molecule has 0 aliphatic heterocycles. The van der Waals surface area contributed by atoms with E-state index in [1.807, 2.05) is 23.9 Å². The lowest BCUT2D eigenvalue weighted by molar-refractivity contribution is 0.306. The van der Waals surface area contributed by atoms with Crippen LogP contribution in [0, 0.1) is 6.92 Å². The summed E-state index contributed by atoms with van der Waals surface area (Å²) in [7, 11) is 2.06. The van der Waals surface area contributed by atoms with Crippen LogP contribution in [-0.2, 0) is 6.54 Å². The first kappa shape index (κ1) is 16.7. The van der Waals surface area contributed by atoms with Crippen molar-refractivity contribution in [2.75, 3.05) is 19.3 Å². The van der Waals surface area contributed by atoms with E-state index in [0.717, 1.165) is 17.9 Å². The number of aryl methyl sites for hydroxylation is 1. The number of aromatic nitrogens is 3. The van der Waals surface area contributed by atoms with Gasteiger partial charge < -0.3 is 4.42 Å². The second-order valence-corrected chi connectivity index (χ2v) is 6.81. The van der Waals surface area contributed by atoms with Gasteiger partial charge in [-0.25, -0.2) is 0 Å². The van der Waals surface area contributed by atoms with Crippen LogP contribution in [0.4, 0.5) is 0 Å². The van der Waals surface area contributed by atoms with E-state index >= 15 is 0 Å². The Hall–Kier alpha value is -2.18. The zero-order valence-corrected chi connectivity index (χ0v) is 14.7. The molecule has 0 N–H and O–H groups in total. The van der Waals surface area contributed by atoms with E-state index in [1.54, 1.807) is 12.4 Å². The smallest absolute Gasteiger partial charge is 0.249 e. The molecule has 0 aliphatic carbocycles. The van der Waals surface area contributed by atoms with Gasteiger partial charge in [0.25, 0.3) is 0 Å². The summed E-state index contributed by atoms with van der Waals surface area (Å²) >= 11 is 1.85. The van der Waals surface area contributed by atoms with Crippen LogP contribution in [0.1, 0.15) is 11.5 Å². The average molecular weight is 340 g/mol. The van der Waals surface area contributed by atoms with Crippen LogP contribution in [0.3, 0.4) is 0 Å². The third kappa shape index (κ3) is 4.66. The predicted octanol–water partition coefficient (Wildman–Crippen LogP) is 3.66. The highest BCUT2D eigenvalue weighted by Gasteiger charge is 2.10. The highest BCUT2D eigenvalue weighted by atomic mass is 32.2. The summed E-state index contributed by atoms with van der Waals surface area (Å²) in [6.07, 6.45) is 3.44. The Kier molecular flexibility index (Phi) is 5.61. The first-order valence-corrected chi connectivity index (χ1v) is 8.80. The summed E-state index contributed by atoms with van der Waals surface area (Å²) in [4.78, 5) is 7.54. The third-order valence-corrected chi connectivity index (χ3v) is 4.54. The van der Waals surface area contributed by atoms with Gasteiger partial charge in [-0.15, -0.1) is 22.0 Å². The van der Waals surface area contributed by atoms with Crippen molar-refractivity contribution in [2.24, 2.45) is 0 Å². The van der Waals surface area contributed by atoms with Crippen LogP contribution in [-0.4, -0.2) is 39.4 Å². The molecule has 0 saturated carbocycles. The molecule has 24 heavy (non-hydrogen) atoms. The number of rotatable bonds is 7. The molecule has 2 aromatic heterocycles. The van der Waals surface area contributed by atoms with E-state index < -0.39 is 0 Å². The lowest BCUT2D eigenvalue weighted by Crippen LogP contribution is -2.20. The molecular formula is C18H20N4OS. The van der Waals surface area contributed by atoms with Crippen LogP contribution in [0.15, 0.2) is 58.1 Å². The molecule has 0 amide bonds. The monoisotopic (exact) mass is 340 g/mol. The van der Waals surface area contributed by atoms with Gasteiger partial charge in [-0.05, 0) is 38.2 Å². The minimum Gasteiger partial charge on any atom is -0.419 e. The molecular weight excluding hydrogens is 320 g/mol. The van der Waals surface area contributed by atoms with Gasteiger partial charge in [-0.1, -0.05) is 17.7 Å². The lowest BCUT2D eigenvalue weighted by atomic mass is 10.2. The van der Waals surface area contributed by atoms with E-state index in [9.17, 15) is 0 Å². The van der Waals surface area contributed by atoms with E-state index in [4.69, 9.17) is 4.42 Å². The van der Waals surface area contributed by atoms with Gasteiger partial charge in [-0.2, -0.15) is 0 Å². The highest BCUT2D eigenvalue weighted by Crippen LogP contribution is 2.19. The second kappa shape index (κ2) is 8.08. The number of nitrogens with zero attached hydrogens (tertiary/aromatic N) is 4. The van der Waals surface area contributed by atoms with Gasteiger partial charge in [0.15, 0.2) is 0 Å². The minimum absolute atomic E-state index is 0.514. The quantitative estimate of drug-likeness (QED) is 0.612. The molecule has 3 aromatic rings. The van der Waals surface area contributed by atoms with Crippen molar-refractivity contribution >= 4 is 11.8 Å². The normalized spacial score (nSPS) is 11.1. The van der Waals surface area contributed by atoms with Crippen molar-refractivity contribution < 1.29 is 4.42 Å². The van der Waals surface area contributed by atoms with Crippen LogP contribution in [0.25, 0.3) is 11.5 Å². The van der Waals surface area contributed by atoms with Gasteiger partial charge in [0.1, 0.15) is 0 Å². The molecule has 3 rings (SSSR count). The molecule has 0 fully saturated rings. The Labute approximate surface area is 146 Å². The van der Waals surface area contributed by atoms with Crippen LogP contribution < -0.4 is 0 Å². The number of benzene rings is 1. The summed E-state index contributed by atoms with van der Waals surface area (Å²) in [5, 5.41) is 8.20. The van der Waals surface area contributed by atoms with Crippen LogP contribution >= 0.6 is 11.8 Å². The maximum Gasteiger partial charge on any atom is 0.249 e. The molecule has 2 heterocycles. The molecule has 1 aromatic carbocycles. The molecule has 6 heteroatoms. The summed E-state index contributed by atoms with van der Waals surface area (Å²) in [6, 6.07) is 12.4.